The highest BCUT2D eigenvalue weighted by Gasteiger charge is 2.18. The Hall–Kier alpha value is -3.02. The number of nitrogens with one attached hydrogen (secondary N) is 1. The number of methoxy groups -OCH3 is 2. The lowest BCUT2D eigenvalue weighted by Gasteiger charge is -2.09. The van der Waals surface area contributed by atoms with Crippen molar-refractivity contribution < 1.29 is 22.3 Å². The van der Waals surface area contributed by atoms with Crippen LogP contribution in [-0.2, 0) is 16.4 Å². The van der Waals surface area contributed by atoms with Gasteiger partial charge in [-0.1, -0.05) is 0 Å². The first kappa shape index (κ1) is 22.2. The van der Waals surface area contributed by atoms with E-state index in [0.29, 0.717) is 34.3 Å². The van der Waals surface area contributed by atoms with Gasteiger partial charge < -0.3 is 9.47 Å². The third-order valence-corrected chi connectivity index (χ3v) is 7.38. The number of thiazole rings is 1. The van der Waals surface area contributed by atoms with E-state index in [1.165, 1.54) is 23.5 Å². The zero-order valence-corrected chi connectivity index (χ0v) is 19.3. The number of rotatable bonds is 8. The molecular formula is C21H21FN4O4S2. The predicted octanol–water partition coefficient (Wildman–Crippen LogP) is 3.44. The molecular weight excluding hydrogens is 455 g/mol. The Morgan fingerprint density at radius 3 is 2.62 bits per heavy atom. The monoisotopic (exact) mass is 476 g/mol. The summed E-state index contributed by atoms with van der Waals surface area (Å²) in [4.78, 5) is 5.32. The SMILES string of the molecule is COc1ccc(-c2nc3scc(CCNS(=O)(=O)c4ccc(F)cc4C)n3n2)cc1OC. The molecule has 0 saturated carbocycles. The summed E-state index contributed by atoms with van der Waals surface area (Å²) in [6.45, 7) is 1.72. The molecule has 2 aromatic heterocycles. The van der Waals surface area contributed by atoms with Crippen LogP contribution in [0, 0.1) is 12.7 Å². The van der Waals surface area contributed by atoms with Crippen LogP contribution in [0.2, 0.25) is 0 Å². The molecule has 0 fully saturated rings. The van der Waals surface area contributed by atoms with Gasteiger partial charge in [-0.2, -0.15) is 4.98 Å². The van der Waals surface area contributed by atoms with Crippen molar-refractivity contribution in [3.05, 3.63) is 58.9 Å². The fourth-order valence-electron chi connectivity index (χ4n) is 3.30. The number of aromatic nitrogens is 3. The van der Waals surface area contributed by atoms with Gasteiger partial charge in [0, 0.05) is 23.9 Å². The summed E-state index contributed by atoms with van der Waals surface area (Å²) in [6.07, 6.45) is 0.411. The zero-order chi connectivity index (χ0) is 22.9. The maximum Gasteiger partial charge on any atom is 0.240 e. The maximum atomic E-state index is 13.3. The molecule has 0 amide bonds. The van der Waals surface area contributed by atoms with Gasteiger partial charge >= 0.3 is 0 Å². The van der Waals surface area contributed by atoms with E-state index in [0.717, 1.165) is 17.3 Å². The van der Waals surface area contributed by atoms with Gasteiger partial charge in [0.15, 0.2) is 17.3 Å². The molecule has 0 radical (unpaired) electrons. The first-order chi connectivity index (χ1) is 15.3. The summed E-state index contributed by atoms with van der Waals surface area (Å²) in [6, 6.07) is 9.03. The number of aryl methyl sites for hydroxylation is 1. The van der Waals surface area contributed by atoms with Crippen LogP contribution in [0.5, 0.6) is 11.5 Å². The van der Waals surface area contributed by atoms with Gasteiger partial charge in [0.1, 0.15) is 5.82 Å². The summed E-state index contributed by atoms with van der Waals surface area (Å²) in [5, 5.41) is 6.47. The topological polar surface area (TPSA) is 94.8 Å². The second-order valence-electron chi connectivity index (χ2n) is 6.98. The Morgan fingerprint density at radius 2 is 1.91 bits per heavy atom. The molecule has 11 heteroatoms. The smallest absolute Gasteiger partial charge is 0.240 e. The van der Waals surface area contributed by atoms with Crippen LogP contribution in [0.15, 0.2) is 46.7 Å². The lowest BCUT2D eigenvalue weighted by molar-refractivity contribution is 0.355. The van der Waals surface area contributed by atoms with E-state index in [4.69, 9.17) is 9.47 Å². The van der Waals surface area contributed by atoms with Gasteiger partial charge in [0.2, 0.25) is 15.0 Å². The summed E-state index contributed by atoms with van der Waals surface area (Å²) >= 11 is 1.42. The van der Waals surface area contributed by atoms with Crippen LogP contribution in [0.25, 0.3) is 16.3 Å². The number of halogens is 1. The lowest BCUT2D eigenvalue weighted by Crippen LogP contribution is -2.27. The predicted molar refractivity (Wildman–Crippen MR) is 119 cm³/mol. The zero-order valence-electron chi connectivity index (χ0n) is 17.6. The van der Waals surface area contributed by atoms with E-state index in [1.807, 2.05) is 11.4 Å². The number of sulfonamides is 1. The highest BCUT2D eigenvalue weighted by molar-refractivity contribution is 7.89. The van der Waals surface area contributed by atoms with Crippen molar-refractivity contribution in [1.29, 1.82) is 0 Å². The Labute approximate surface area is 188 Å². The molecule has 168 valence electrons. The molecule has 1 N–H and O–H groups in total. The Balaban J connectivity index is 1.51. The molecule has 2 aromatic carbocycles. The molecule has 0 atom stereocenters. The second-order valence-corrected chi connectivity index (χ2v) is 9.56. The first-order valence-electron chi connectivity index (χ1n) is 9.64. The van der Waals surface area contributed by atoms with Crippen LogP contribution in [0.1, 0.15) is 11.3 Å². The van der Waals surface area contributed by atoms with E-state index in [1.54, 1.807) is 37.8 Å². The van der Waals surface area contributed by atoms with Gasteiger partial charge in [-0.3, -0.25) is 0 Å². The van der Waals surface area contributed by atoms with Crippen molar-refractivity contribution in [3.8, 4) is 22.9 Å². The number of benzene rings is 2. The fraction of sp³-hybridized carbons (Fsp3) is 0.238. The third-order valence-electron chi connectivity index (χ3n) is 4.89. The van der Waals surface area contributed by atoms with Gasteiger partial charge in [0.05, 0.1) is 24.8 Å². The average molecular weight is 477 g/mol. The van der Waals surface area contributed by atoms with Crippen LogP contribution in [-0.4, -0.2) is 43.8 Å². The maximum absolute atomic E-state index is 13.3. The van der Waals surface area contributed by atoms with Crippen molar-refractivity contribution in [1.82, 2.24) is 19.3 Å². The van der Waals surface area contributed by atoms with Crippen molar-refractivity contribution in [2.24, 2.45) is 0 Å². The molecule has 0 bridgehead atoms. The van der Waals surface area contributed by atoms with E-state index >= 15 is 0 Å². The summed E-state index contributed by atoms with van der Waals surface area (Å²) < 4.78 is 53.3. The minimum atomic E-state index is -3.75. The van der Waals surface area contributed by atoms with Crippen molar-refractivity contribution >= 4 is 26.3 Å². The summed E-state index contributed by atoms with van der Waals surface area (Å²) in [5.41, 5.74) is 1.95. The van der Waals surface area contributed by atoms with Crippen LogP contribution in [0.3, 0.4) is 0 Å². The van der Waals surface area contributed by atoms with Crippen molar-refractivity contribution in [3.63, 3.8) is 0 Å². The van der Waals surface area contributed by atoms with Gasteiger partial charge in [-0.05, 0) is 48.9 Å². The Bertz CT molecular complexity index is 1380. The quantitative estimate of drug-likeness (QED) is 0.419. The molecule has 0 aliphatic rings. The Morgan fingerprint density at radius 1 is 1.12 bits per heavy atom. The fourth-order valence-corrected chi connectivity index (χ4v) is 5.41. The average Bonchev–Trinajstić information content (AvgIpc) is 3.34. The molecule has 4 rings (SSSR count). The van der Waals surface area contributed by atoms with E-state index in [9.17, 15) is 12.8 Å². The third kappa shape index (κ3) is 4.31. The number of hydrogen-bond donors (Lipinski definition) is 1. The first-order valence-corrected chi connectivity index (χ1v) is 12.0. The van der Waals surface area contributed by atoms with Gasteiger partial charge in [-0.25, -0.2) is 22.0 Å². The van der Waals surface area contributed by atoms with Crippen LogP contribution < -0.4 is 14.2 Å². The largest absolute Gasteiger partial charge is 0.493 e. The molecule has 32 heavy (non-hydrogen) atoms. The van der Waals surface area contributed by atoms with Gasteiger partial charge in [-0.15, -0.1) is 16.4 Å². The molecule has 8 nitrogen and oxygen atoms in total. The van der Waals surface area contributed by atoms with Crippen LogP contribution in [0.4, 0.5) is 4.39 Å². The van der Waals surface area contributed by atoms with Crippen molar-refractivity contribution in [2.45, 2.75) is 18.2 Å². The van der Waals surface area contributed by atoms with Crippen molar-refractivity contribution in [2.75, 3.05) is 20.8 Å². The van der Waals surface area contributed by atoms with E-state index < -0.39 is 15.8 Å². The standard InChI is InChI=1S/C21H21FN4O4S2/c1-13-10-15(22)5-7-19(13)32(27,28)23-9-8-16-12-31-21-24-20(25-26(16)21)14-4-6-17(29-2)18(11-14)30-3/h4-7,10-12,23H,8-9H2,1-3H3. The van der Waals surface area contributed by atoms with E-state index in [-0.39, 0.29) is 11.4 Å². The highest BCUT2D eigenvalue weighted by Crippen LogP contribution is 2.31. The second kappa shape index (κ2) is 8.85. The highest BCUT2D eigenvalue weighted by atomic mass is 32.2. The minimum absolute atomic E-state index is 0.0610. The molecule has 0 aliphatic heterocycles. The molecule has 0 unspecified atom stereocenters. The minimum Gasteiger partial charge on any atom is -0.493 e. The molecule has 2 heterocycles. The molecule has 0 spiro atoms. The normalized spacial score (nSPS) is 11.8. The Kier molecular flexibility index (Phi) is 6.13. The van der Waals surface area contributed by atoms with E-state index in [2.05, 4.69) is 14.8 Å². The van der Waals surface area contributed by atoms with Gasteiger partial charge in [0.25, 0.3) is 0 Å². The molecule has 4 aromatic rings. The summed E-state index contributed by atoms with van der Waals surface area (Å²) in [7, 11) is -0.618. The summed E-state index contributed by atoms with van der Waals surface area (Å²) in [5.74, 6) is 1.25. The molecule has 0 aliphatic carbocycles. The number of fused-ring (bicyclic) bond motifs is 1. The number of hydrogen-bond acceptors (Lipinski definition) is 7. The lowest BCUT2D eigenvalue weighted by atomic mass is 10.2. The molecule has 0 saturated heterocycles. The number of nitrogens with zero attached hydrogens (tertiary/aromatic N) is 3. The van der Waals surface area contributed by atoms with Crippen LogP contribution >= 0.6 is 11.3 Å². The number of ether oxygens (including phenoxy) is 2.